The summed E-state index contributed by atoms with van der Waals surface area (Å²) < 4.78 is 0. The van der Waals surface area contributed by atoms with Gasteiger partial charge in [0.05, 0.1) is 6.17 Å². The highest BCUT2D eigenvalue weighted by molar-refractivity contribution is 5.93. The van der Waals surface area contributed by atoms with Crippen molar-refractivity contribution < 1.29 is 4.79 Å². The van der Waals surface area contributed by atoms with Crippen LogP contribution in [-0.2, 0) is 11.2 Å². The highest BCUT2D eigenvalue weighted by atomic mass is 16.1. The summed E-state index contributed by atoms with van der Waals surface area (Å²) >= 11 is 0. The Morgan fingerprint density at radius 2 is 2.20 bits per heavy atom. The van der Waals surface area contributed by atoms with Crippen LogP contribution in [0.15, 0.2) is 18.2 Å². The topological polar surface area (TPSA) is 93.2 Å². The van der Waals surface area contributed by atoms with E-state index in [2.05, 4.69) is 10.7 Å². The van der Waals surface area contributed by atoms with Gasteiger partial charge in [-0.2, -0.15) is 0 Å². The van der Waals surface area contributed by atoms with Crippen LogP contribution < -0.4 is 22.3 Å². The maximum Gasteiger partial charge on any atom is 0.224 e. The van der Waals surface area contributed by atoms with Crippen molar-refractivity contribution in [2.45, 2.75) is 19.0 Å². The number of anilines is 1. The summed E-state index contributed by atoms with van der Waals surface area (Å²) in [6, 6.07) is 5.69. The maximum atomic E-state index is 11.1. The molecule has 0 saturated heterocycles. The first-order valence-corrected chi connectivity index (χ1v) is 4.85. The summed E-state index contributed by atoms with van der Waals surface area (Å²) in [4.78, 5) is 11.1. The molecule has 1 atom stereocenters. The van der Waals surface area contributed by atoms with Gasteiger partial charge in [-0.15, -0.1) is 0 Å². The number of hydrogen-bond acceptors (Lipinski definition) is 4. The molecule has 1 aliphatic rings. The molecule has 6 N–H and O–H groups in total. The van der Waals surface area contributed by atoms with E-state index in [0.717, 1.165) is 23.2 Å². The third-order valence-electron chi connectivity index (χ3n) is 2.56. The third-order valence-corrected chi connectivity index (χ3v) is 2.56. The molecule has 1 heterocycles. The van der Waals surface area contributed by atoms with Crippen LogP contribution in [0.2, 0.25) is 0 Å². The molecule has 0 saturated carbocycles. The Labute approximate surface area is 87.8 Å². The molecule has 0 radical (unpaired) electrons. The molecule has 5 heteroatoms. The summed E-state index contributed by atoms with van der Waals surface area (Å²) in [6.07, 6.45) is 0.918. The lowest BCUT2D eigenvalue weighted by molar-refractivity contribution is -0.116. The van der Waals surface area contributed by atoms with Crippen molar-refractivity contribution in [3.63, 3.8) is 0 Å². The lowest BCUT2D eigenvalue weighted by Crippen LogP contribution is -2.34. The molecule has 0 spiro atoms. The van der Waals surface area contributed by atoms with E-state index in [1.54, 1.807) is 0 Å². The van der Waals surface area contributed by atoms with Crippen molar-refractivity contribution in [1.29, 1.82) is 0 Å². The molecular weight excluding hydrogens is 192 g/mol. The fourth-order valence-corrected chi connectivity index (χ4v) is 1.69. The van der Waals surface area contributed by atoms with Gasteiger partial charge in [-0.25, -0.2) is 5.43 Å². The van der Waals surface area contributed by atoms with E-state index in [4.69, 9.17) is 11.6 Å². The Kier molecular flexibility index (Phi) is 2.68. The maximum absolute atomic E-state index is 11.1. The number of aryl methyl sites for hydroxylation is 1. The van der Waals surface area contributed by atoms with Crippen LogP contribution in [0.3, 0.4) is 0 Å². The van der Waals surface area contributed by atoms with Crippen molar-refractivity contribution in [3.05, 3.63) is 29.3 Å². The van der Waals surface area contributed by atoms with Gasteiger partial charge >= 0.3 is 0 Å². The number of nitrogens with one attached hydrogen (secondary N) is 2. The van der Waals surface area contributed by atoms with Crippen LogP contribution in [0.4, 0.5) is 5.69 Å². The van der Waals surface area contributed by atoms with Crippen molar-refractivity contribution in [1.82, 2.24) is 5.43 Å². The Balaban J connectivity index is 2.30. The van der Waals surface area contributed by atoms with E-state index >= 15 is 0 Å². The molecule has 1 aromatic rings. The minimum atomic E-state index is -0.368. The predicted octanol–water partition coefficient (Wildman–Crippen LogP) is -0.00810. The van der Waals surface area contributed by atoms with Crippen molar-refractivity contribution in [2.24, 2.45) is 11.6 Å². The number of benzene rings is 1. The SMILES string of the molecule is NNC(N)c1ccc2c(c1)CCC(=O)N2. The quantitative estimate of drug-likeness (QED) is 0.311. The first-order chi connectivity index (χ1) is 7.20. The van der Waals surface area contributed by atoms with E-state index in [9.17, 15) is 4.79 Å². The summed E-state index contributed by atoms with van der Waals surface area (Å²) in [5.74, 6) is 5.32. The fourth-order valence-electron chi connectivity index (χ4n) is 1.69. The molecule has 0 fully saturated rings. The van der Waals surface area contributed by atoms with Crippen LogP contribution in [0, 0.1) is 0 Å². The summed E-state index contributed by atoms with van der Waals surface area (Å²) in [7, 11) is 0. The molecule has 15 heavy (non-hydrogen) atoms. The van der Waals surface area contributed by atoms with Crippen molar-refractivity contribution >= 4 is 11.6 Å². The van der Waals surface area contributed by atoms with Gasteiger partial charge in [-0.1, -0.05) is 12.1 Å². The zero-order valence-corrected chi connectivity index (χ0v) is 8.29. The van der Waals surface area contributed by atoms with Gasteiger partial charge in [0.25, 0.3) is 0 Å². The van der Waals surface area contributed by atoms with Crippen LogP contribution in [0.25, 0.3) is 0 Å². The lowest BCUT2D eigenvalue weighted by Gasteiger charge is -2.19. The predicted molar refractivity (Wildman–Crippen MR) is 57.6 cm³/mol. The van der Waals surface area contributed by atoms with E-state index < -0.39 is 0 Å². The standard InChI is InChI=1S/C10H14N4O/c11-10(14-12)7-1-3-8-6(5-7)2-4-9(15)13-8/h1,3,5,10,14H,2,4,11-12H2,(H,13,15). The summed E-state index contributed by atoms with van der Waals surface area (Å²) in [5, 5.41) is 2.81. The largest absolute Gasteiger partial charge is 0.326 e. The lowest BCUT2D eigenvalue weighted by atomic mass is 9.99. The van der Waals surface area contributed by atoms with E-state index in [0.29, 0.717) is 6.42 Å². The number of fused-ring (bicyclic) bond motifs is 1. The Morgan fingerprint density at radius 3 is 2.93 bits per heavy atom. The van der Waals surface area contributed by atoms with Crippen LogP contribution in [-0.4, -0.2) is 5.91 Å². The number of hydrazine groups is 1. The molecule has 1 aromatic carbocycles. The molecule has 1 unspecified atom stereocenters. The second-order valence-corrected chi connectivity index (χ2v) is 3.61. The monoisotopic (exact) mass is 206 g/mol. The van der Waals surface area contributed by atoms with E-state index in [-0.39, 0.29) is 12.1 Å². The molecule has 5 nitrogen and oxygen atoms in total. The van der Waals surface area contributed by atoms with Gasteiger partial charge < -0.3 is 11.1 Å². The number of carbonyl (C=O) groups is 1. The minimum Gasteiger partial charge on any atom is -0.326 e. The van der Waals surface area contributed by atoms with E-state index in [1.165, 1.54) is 0 Å². The zero-order valence-electron chi connectivity index (χ0n) is 8.29. The third kappa shape index (κ3) is 1.99. The minimum absolute atomic E-state index is 0.0662. The number of amides is 1. The normalized spacial score (nSPS) is 16.8. The van der Waals surface area contributed by atoms with Gasteiger partial charge in [-0.05, 0) is 23.6 Å². The number of carbonyl (C=O) groups excluding carboxylic acids is 1. The van der Waals surface area contributed by atoms with Gasteiger partial charge in [0.15, 0.2) is 0 Å². The molecule has 0 aromatic heterocycles. The molecule has 1 amide bonds. The smallest absolute Gasteiger partial charge is 0.224 e. The zero-order chi connectivity index (χ0) is 10.8. The Bertz CT molecular complexity index is 391. The van der Waals surface area contributed by atoms with Crippen LogP contribution >= 0.6 is 0 Å². The average Bonchev–Trinajstić information content (AvgIpc) is 2.27. The highest BCUT2D eigenvalue weighted by Gasteiger charge is 2.15. The Hall–Kier alpha value is -1.43. The summed E-state index contributed by atoms with van der Waals surface area (Å²) in [6.45, 7) is 0. The van der Waals surface area contributed by atoms with Gasteiger partial charge in [0.2, 0.25) is 5.91 Å². The first-order valence-electron chi connectivity index (χ1n) is 4.85. The van der Waals surface area contributed by atoms with Gasteiger partial charge in [0.1, 0.15) is 0 Å². The molecule has 2 rings (SSSR count). The highest BCUT2D eigenvalue weighted by Crippen LogP contribution is 2.24. The molecule has 1 aliphatic heterocycles. The molecule has 0 aliphatic carbocycles. The summed E-state index contributed by atoms with van der Waals surface area (Å²) in [5.41, 5.74) is 11.1. The number of rotatable bonds is 2. The second kappa shape index (κ2) is 3.98. The molecule has 80 valence electrons. The van der Waals surface area contributed by atoms with Crippen LogP contribution in [0.5, 0.6) is 0 Å². The fraction of sp³-hybridized carbons (Fsp3) is 0.300. The second-order valence-electron chi connectivity index (χ2n) is 3.61. The number of nitrogens with two attached hydrogens (primary N) is 2. The molecule has 0 bridgehead atoms. The van der Waals surface area contributed by atoms with Crippen molar-refractivity contribution in [2.75, 3.05) is 5.32 Å². The van der Waals surface area contributed by atoms with Crippen molar-refractivity contribution in [3.8, 4) is 0 Å². The number of hydrogen-bond donors (Lipinski definition) is 4. The first kappa shape index (κ1) is 10.1. The van der Waals surface area contributed by atoms with Crippen LogP contribution in [0.1, 0.15) is 23.7 Å². The van der Waals surface area contributed by atoms with Gasteiger partial charge in [-0.3, -0.25) is 10.6 Å². The average molecular weight is 206 g/mol. The molecular formula is C10H14N4O. The van der Waals surface area contributed by atoms with Gasteiger partial charge in [0, 0.05) is 12.1 Å². The Morgan fingerprint density at radius 1 is 1.40 bits per heavy atom. The van der Waals surface area contributed by atoms with E-state index in [1.807, 2.05) is 18.2 Å².